The molecule has 11 nitrogen and oxygen atoms in total. The maximum atomic E-state index is 13.9. The maximum absolute atomic E-state index is 13.9. The minimum atomic E-state index is -4.11. The molecule has 1 fully saturated rings. The van der Waals surface area contributed by atoms with Crippen LogP contribution in [0.2, 0.25) is 0 Å². The molecule has 3 N–H and O–H groups in total. The first-order chi connectivity index (χ1) is 19.1. The van der Waals surface area contributed by atoms with Gasteiger partial charge in [0, 0.05) is 24.7 Å². The van der Waals surface area contributed by atoms with Gasteiger partial charge in [-0.2, -0.15) is 4.31 Å². The average Bonchev–Trinajstić information content (AvgIpc) is 3.65. The first kappa shape index (κ1) is 28.3. The lowest BCUT2D eigenvalue weighted by molar-refractivity contribution is 0.0227. The average molecular weight is 577 g/mol. The number of hydrogen-bond donors (Lipinski definition) is 3. The zero-order valence-electron chi connectivity index (χ0n) is 22.7. The highest BCUT2D eigenvalue weighted by atomic mass is 32.2. The van der Waals surface area contributed by atoms with Crippen molar-refractivity contribution in [3.8, 4) is 11.5 Å². The SMILES string of the molecule is CC(C)CN(CC(O)C(CC1CCCCC1)(NC(=O)O)c1coc2occc12)S(=O)(=O)c1ccc2c(c1)OCO2. The minimum Gasteiger partial charge on any atom is -0.465 e. The summed E-state index contributed by atoms with van der Waals surface area (Å²) in [6.45, 7) is 3.51. The normalized spacial score (nSPS) is 18.3. The lowest BCUT2D eigenvalue weighted by Gasteiger charge is -2.42. The molecular weight excluding hydrogens is 540 g/mol. The number of ether oxygens (including phenoxy) is 2. The van der Waals surface area contributed by atoms with Crippen LogP contribution in [0.4, 0.5) is 4.79 Å². The van der Waals surface area contributed by atoms with Gasteiger partial charge in [-0.05, 0) is 36.5 Å². The summed E-state index contributed by atoms with van der Waals surface area (Å²) in [5.74, 6) is 1.03. The fourth-order valence-electron chi connectivity index (χ4n) is 5.99. The molecule has 2 aromatic heterocycles. The number of amides is 1. The van der Waals surface area contributed by atoms with Crippen LogP contribution in [0.3, 0.4) is 0 Å². The molecule has 3 aromatic rings. The summed E-state index contributed by atoms with van der Waals surface area (Å²) in [4.78, 5) is 12.3. The number of aliphatic hydroxyl groups is 1. The standard InChI is InChI=1S/C28H36N2O9S/c1-18(2)14-30(40(34,35)20-8-9-23-24(12-20)39-17-38-23)15-25(31)28(29-27(32)33,13-19-6-4-3-5-7-19)22-16-37-26-21(22)10-11-36-26/h8-12,16,18-19,25,29,31H,3-7,13-15,17H2,1-2H3,(H,32,33). The number of carboxylic acid groups (broad SMARTS) is 1. The van der Waals surface area contributed by atoms with E-state index in [1.165, 1.54) is 29.0 Å². The molecule has 2 atom stereocenters. The second kappa shape index (κ2) is 11.3. The van der Waals surface area contributed by atoms with Crippen LogP contribution in [-0.2, 0) is 15.6 Å². The number of sulfonamides is 1. The Morgan fingerprint density at radius 3 is 2.58 bits per heavy atom. The Kier molecular flexibility index (Phi) is 8.03. The second-order valence-corrected chi connectivity index (χ2v) is 13.1. The molecule has 0 spiro atoms. The van der Waals surface area contributed by atoms with Crippen molar-refractivity contribution in [2.45, 2.75) is 68.9 Å². The Bertz CT molecular complexity index is 1440. The molecular formula is C28H36N2O9S. The van der Waals surface area contributed by atoms with E-state index >= 15 is 0 Å². The van der Waals surface area contributed by atoms with Gasteiger partial charge in [-0.15, -0.1) is 0 Å². The highest BCUT2D eigenvalue weighted by Gasteiger charge is 2.47. The van der Waals surface area contributed by atoms with Gasteiger partial charge in [-0.25, -0.2) is 13.2 Å². The summed E-state index contributed by atoms with van der Waals surface area (Å²) in [6, 6.07) is 6.06. The summed E-state index contributed by atoms with van der Waals surface area (Å²) in [5.41, 5.74) is -1.13. The monoisotopic (exact) mass is 576 g/mol. The van der Waals surface area contributed by atoms with Gasteiger partial charge in [0.05, 0.1) is 28.2 Å². The van der Waals surface area contributed by atoms with Crippen molar-refractivity contribution in [2.24, 2.45) is 11.8 Å². The Hall–Kier alpha value is -3.22. The third-order valence-corrected chi connectivity index (χ3v) is 9.67. The van der Waals surface area contributed by atoms with Crippen LogP contribution in [0, 0.1) is 11.8 Å². The molecule has 2 aliphatic rings. The van der Waals surface area contributed by atoms with Gasteiger partial charge in [0.1, 0.15) is 6.26 Å². The van der Waals surface area contributed by atoms with Crippen molar-refractivity contribution in [1.29, 1.82) is 0 Å². The number of hydrogen-bond acceptors (Lipinski definition) is 8. The number of furan rings is 2. The van der Waals surface area contributed by atoms with E-state index in [-0.39, 0.29) is 48.8 Å². The van der Waals surface area contributed by atoms with E-state index in [0.717, 1.165) is 32.1 Å². The molecule has 1 aliphatic heterocycles. The highest BCUT2D eigenvalue weighted by molar-refractivity contribution is 7.89. The first-order valence-corrected chi connectivity index (χ1v) is 15.1. The van der Waals surface area contributed by atoms with Crippen LogP contribution in [0.25, 0.3) is 11.2 Å². The molecule has 1 aromatic carbocycles. The number of benzene rings is 1. The Balaban J connectivity index is 1.56. The minimum absolute atomic E-state index is 0.00494. The van der Waals surface area contributed by atoms with E-state index in [2.05, 4.69) is 5.32 Å². The van der Waals surface area contributed by atoms with E-state index in [9.17, 15) is 23.4 Å². The molecule has 12 heteroatoms. The smallest absolute Gasteiger partial charge is 0.405 e. The number of aliphatic hydroxyl groups excluding tert-OH is 1. The second-order valence-electron chi connectivity index (χ2n) is 11.1. The van der Waals surface area contributed by atoms with Crippen LogP contribution in [-0.4, -0.2) is 55.0 Å². The fraction of sp³-hybridized carbons (Fsp3) is 0.536. The van der Waals surface area contributed by atoms with Gasteiger partial charge in [-0.1, -0.05) is 46.0 Å². The molecule has 40 heavy (non-hydrogen) atoms. The number of rotatable bonds is 11. The van der Waals surface area contributed by atoms with E-state index in [1.807, 2.05) is 13.8 Å². The first-order valence-electron chi connectivity index (χ1n) is 13.6. The predicted octanol–water partition coefficient (Wildman–Crippen LogP) is 4.90. The largest absolute Gasteiger partial charge is 0.465 e. The third kappa shape index (κ3) is 5.52. The summed E-state index contributed by atoms with van der Waals surface area (Å²) >= 11 is 0. The summed E-state index contributed by atoms with van der Waals surface area (Å²) in [6.07, 6.45) is 5.21. The topological polar surface area (TPSA) is 152 Å². The van der Waals surface area contributed by atoms with Crippen molar-refractivity contribution in [2.75, 3.05) is 19.9 Å². The summed E-state index contributed by atoms with van der Waals surface area (Å²) < 4.78 is 50.8. The van der Waals surface area contributed by atoms with Gasteiger partial charge in [-0.3, -0.25) is 0 Å². The van der Waals surface area contributed by atoms with Gasteiger partial charge < -0.3 is 33.8 Å². The molecule has 5 rings (SSSR count). The van der Waals surface area contributed by atoms with Crippen LogP contribution in [0.5, 0.6) is 11.5 Å². The maximum Gasteiger partial charge on any atom is 0.405 e. The van der Waals surface area contributed by atoms with Crippen LogP contribution < -0.4 is 14.8 Å². The Labute approximate surface area is 233 Å². The van der Waals surface area contributed by atoms with E-state index in [1.54, 1.807) is 12.1 Å². The number of nitrogens with one attached hydrogen (secondary N) is 1. The van der Waals surface area contributed by atoms with Crippen molar-refractivity contribution in [3.05, 3.63) is 42.4 Å². The zero-order chi connectivity index (χ0) is 28.5. The van der Waals surface area contributed by atoms with E-state index in [0.29, 0.717) is 22.4 Å². The van der Waals surface area contributed by atoms with Crippen molar-refractivity contribution < 1.29 is 41.7 Å². The van der Waals surface area contributed by atoms with Crippen LogP contribution in [0.1, 0.15) is 57.9 Å². The summed E-state index contributed by atoms with van der Waals surface area (Å²) in [7, 11) is -4.11. The fourth-order valence-corrected chi connectivity index (χ4v) is 7.61. The van der Waals surface area contributed by atoms with Gasteiger partial charge in [0.15, 0.2) is 11.5 Å². The quantitative estimate of drug-likeness (QED) is 0.289. The summed E-state index contributed by atoms with van der Waals surface area (Å²) in [5, 5.41) is 25.2. The van der Waals surface area contributed by atoms with Crippen molar-refractivity contribution in [1.82, 2.24) is 9.62 Å². The predicted molar refractivity (Wildman–Crippen MR) is 145 cm³/mol. The third-order valence-electron chi connectivity index (χ3n) is 7.85. The zero-order valence-corrected chi connectivity index (χ0v) is 23.5. The lowest BCUT2D eigenvalue weighted by Crippen LogP contribution is -2.58. The van der Waals surface area contributed by atoms with Gasteiger partial charge in [0.2, 0.25) is 16.8 Å². The molecule has 3 heterocycles. The molecule has 0 bridgehead atoms. The van der Waals surface area contributed by atoms with Crippen molar-refractivity contribution >= 4 is 27.3 Å². The van der Waals surface area contributed by atoms with Crippen LogP contribution in [0.15, 0.2) is 50.5 Å². The molecule has 1 amide bonds. The van der Waals surface area contributed by atoms with Crippen molar-refractivity contribution in [3.63, 3.8) is 0 Å². The number of nitrogens with zero attached hydrogens (tertiary/aromatic N) is 1. The lowest BCUT2D eigenvalue weighted by atomic mass is 9.73. The highest BCUT2D eigenvalue weighted by Crippen LogP contribution is 2.43. The number of carbonyl (C=O) groups is 1. The molecule has 1 saturated carbocycles. The van der Waals surface area contributed by atoms with Gasteiger partial charge in [0.25, 0.3) is 5.78 Å². The van der Waals surface area contributed by atoms with Crippen LogP contribution >= 0.6 is 0 Å². The Morgan fingerprint density at radius 1 is 1.10 bits per heavy atom. The number of fused-ring (bicyclic) bond motifs is 2. The van der Waals surface area contributed by atoms with E-state index < -0.39 is 27.8 Å². The molecule has 1 aliphatic carbocycles. The molecule has 0 saturated heterocycles. The van der Waals surface area contributed by atoms with E-state index in [4.69, 9.17) is 18.3 Å². The van der Waals surface area contributed by atoms with Gasteiger partial charge >= 0.3 is 6.09 Å². The molecule has 0 radical (unpaired) electrons. The Morgan fingerprint density at radius 2 is 1.85 bits per heavy atom. The molecule has 2 unspecified atom stereocenters. The molecule has 218 valence electrons.